The van der Waals surface area contributed by atoms with Gasteiger partial charge in [0.15, 0.2) is 5.78 Å². The van der Waals surface area contributed by atoms with E-state index < -0.39 is 0 Å². The van der Waals surface area contributed by atoms with E-state index in [2.05, 4.69) is 19.1 Å². The number of rotatable bonds is 3. The zero-order chi connectivity index (χ0) is 12.1. The number of hydrogen-bond acceptors (Lipinski definition) is 1. The summed E-state index contributed by atoms with van der Waals surface area (Å²) in [5.74, 6) is 0.118. The van der Waals surface area contributed by atoms with Gasteiger partial charge < -0.3 is 0 Å². The van der Waals surface area contributed by atoms with Gasteiger partial charge in [0.1, 0.15) is 0 Å². The monoisotopic (exact) mass is 214 g/mol. The van der Waals surface area contributed by atoms with Gasteiger partial charge in [-0.05, 0) is 56.0 Å². The SMILES string of the molecule is C/C=C(/C=C(\C)C(C)=O)c1ccccc1C. The highest BCUT2D eigenvalue weighted by Crippen LogP contribution is 2.21. The first-order chi connectivity index (χ1) is 7.56. The molecule has 84 valence electrons. The molecule has 0 aromatic heterocycles. The minimum Gasteiger partial charge on any atom is -0.295 e. The first-order valence-electron chi connectivity index (χ1n) is 5.47. The van der Waals surface area contributed by atoms with Gasteiger partial charge in [-0.3, -0.25) is 4.79 Å². The average molecular weight is 214 g/mol. The quantitative estimate of drug-likeness (QED) is 0.550. The number of ketones is 1. The standard InChI is InChI=1S/C15H18O/c1-5-14(10-12(3)13(4)16)15-9-7-6-8-11(15)2/h5-10H,1-4H3/b12-10+,14-5-. The zero-order valence-electron chi connectivity index (χ0n) is 10.4. The lowest BCUT2D eigenvalue weighted by molar-refractivity contribution is -0.113. The zero-order valence-corrected chi connectivity index (χ0v) is 10.4. The third kappa shape index (κ3) is 2.93. The summed E-state index contributed by atoms with van der Waals surface area (Å²) in [6, 6.07) is 8.20. The Morgan fingerprint density at radius 2 is 1.81 bits per heavy atom. The minimum absolute atomic E-state index is 0.118. The van der Waals surface area contributed by atoms with E-state index in [9.17, 15) is 4.79 Å². The fourth-order valence-corrected chi connectivity index (χ4v) is 1.55. The van der Waals surface area contributed by atoms with Gasteiger partial charge >= 0.3 is 0 Å². The predicted octanol–water partition coefficient (Wildman–Crippen LogP) is 3.93. The average Bonchev–Trinajstić information content (AvgIpc) is 2.26. The molecule has 0 bridgehead atoms. The number of carbonyl (C=O) groups excluding carboxylic acids is 1. The van der Waals surface area contributed by atoms with Crippen molar-refractivity contribution >= 4 is 11.4 Å². The smallest absolute Gasteiger partial charge is 0.155 e. The molecule has 1 aromatic rings. The van der Waals surface area contributed by atoms with Crippen LogP contribution in [0.5, 0.6) is 0 Å². The molecule has 0 heterocycles. The summed E-state index contributed by atoms with van der Waals surface area (Å²) in [6.07, 6.45) is 3.99. The second-order valence-corrected chi connectivity index (χ2v) is 3.94. The number of carbonyl (C=O) groups is 1. The van der Waals surface area contributed by atoms with Crippen molar-refractivity contribution < 1.29 is 4.79 Å². The van der Waals surface area contributed by atoms with Crippen molar-refractivity contribution in [2.75, 3.05) is 0 Å². The van der Waals surface area contributed by atoms with E-state index in [4.69, 9.17) is 0 Å². The molecule has 0 saturated carbocycles. The van der Waals surface area contributed by atoms with Gasteiger partial charge in [-0.25, -0.2) is 0 Å². The number of aryl methyl sites for hydroxylation is 1. The first kappa shape index (κ1) is 12.4. The number of benzene rings is 1. The summed E-state index contributed by atoms with van der Waals surface area (Å²) in [4.78, 5) is 11.2. The third-order valence-electron chi connectivity index (χ3n) is 2.69. The molecule has 0 N–H and O–H groups in total. The van der Waals surface area contributed by atoms with Crippen LogP contribution in [0.25, 0.3) is 5.57 Å². The number of allylic oxidation sites excluding steroid dienone is 4. The van der Waals surface area contributed by atoms with Crippen LogP contribution in [0, 0.1) is 6.92 Å². The molecule has 16 heavy (non-hydrogen) atoms. The van der Waals surface area contributed by atoms with Crippen molar-refractivity contribution in [1.29, 1.82) is 0 Å². The molecule has 0 aliphatic carbocycles. The summed E-state index contributed by atoms with van der Waals surface area (Å²) < 4.78 is 0. The maximum absolute atomic E-state index is 11.2. The van der Waals surface area contributed by atoms with E-state index in [1.165, 1.54) is 11.1 Å². The summed E-state index contributed by atoms with van der Waals surface area (Å²) in [7, 11) is 0. The van der Waals surface area contributed by atoms with Gasteiger partial charge in [0.2, 0.25) is 0 Å². The molecular formula is C15H18O. The van der Waals surface area contributed by atoms with Crippen molar-refractivity contribution in [2.24, 2.45) is 0 Å². The molecule has 0 spiro atoms. The Kier molecular flexibility index (Phi) is 4.24. The molecule has 0 fully saturated rings. The molecule has 0 aliphatic rings. The van der Waals surface area contributed by atoms with Crippen LogP contribution in [0.2, 0.25) is 0 Å². The van der Waals surface area contributed by atoms with Crippen LogP contribution in [-0.2, 0) is 4.79 Å². The molecule has 0 saturated heterocycles. The van der Waals surface area contributed by atoms with Gasteiger partial charge in [-0.1, -0.05) is 30.3 Å². The molecule has 0 aliphatic heterocycles. The van der Waals surface area contributed by atoms with E-state index in [0.717, 1.165) is 11.1 Å². The highest BCUT2D eigenvalue weighted by molar-refractivity contribution is 5.96. The Morgan fingerprint density at radius 3 is 2.31 bits per heavy atom. The fourth-order valence-electron chi connectivity index (χ4n) is 1.55. The van der Waals surface area contributed by atoms with Gasteiger partial charge in [0, 0.05) is 0 Å². The van der Waals surface area contributed by atoms with Crippen LogP contribution in [0.3, 0.4) is 0 Å². The van der Waals surface area contributed by atoms with Gasteiger partial charge in [-0.15, -0.1) is 0 Å². The van der Waals surface area contributed by atoms with Crippen LogP contribution in [-0.4, -0.2) is 5.78 Å². The molecule has 1 rings (SSSR count). The van der Waals surface area contributed by atoms with Gasteiger partial charge in [-0.2, -0.15) is 0 Å². The lowest BCUT2D eigenvalue weighted by atomic mass is 9.98. The third-order valence-corrected chi connectivity index (χ3v) is 2.69. The lowest BCUT2D eigenvalue weighted by Crippen LogP contribution is -1.93. The molecule has 0 unspecified atom stereocenters. The van der Waals surface area contributed by atoms with Crippen LogP contribution in [0.1, 0.15) is 31.9 Å². The molecule has 1 aromatic carbocycles. The van der Waals surface area contributed by atoms with Crippen LogP contribution in [0.15, 0.2) is 42.0 Å². The lowest BCUT2D eigenvalue weighted by Gasteiger charge is -2.07. The van der Waals surface area contributed by atoms with Gasteiger partial charge in [0.25, 0.3) is 0 Å². The maximum Gasteiger partial charge on any atom is 0.155 e. The second-order valence-electron chi connectivity index (χ2n) is 3.94. The Balaban J connectivity index is 3.16. The Hall–Kier alpha value is -1.63. The van der Waals surface area contributed by atoms with Crippen LogP contribution < -0.4 is 0 Å². The van der Waals surface area contributed by atoms with Crippen molar-refractivity contribution in [1.82, 2.24) is 0 Å². The van der Waals surface area contributed by atoms with Crippen molar-refractivity contribution in [3.05, 3.63) is 53.1 Å². The molecule has 1 heteroatoms. The van der Waals surface area contributed by atoms with E-state index >= 15 is 0 Å². The van der Waals surface area contributed by atoms with Crippen molar-refractivity contribution in [3.8, 4) is 0 Å². The highest BCUT2D eigenvalue weighted by atomic mass is 16.1. The Labute approximate surface area is 97.5 Å². The van der Waals surface area contributed by atoms with Crippen LogP contribution >= 0.6 is 0 Å². The predicted molar refractivity (Wildman–Crippen MR) is 69.3 cm³/mol. The molecule has 0 radical (unpaired) electrons. The second kappa shape index (κ2) is 5.45. The van der Waals surface area contributed by atoms with Gasteiger partial charge in [0.05, 0.1) is 0 Å². The normalized spacial score (nSPS) is 12.8. The first-order valence-corrected chi connectivity index (χ1v) is 5.47. The fraction of sp³-hybridized carbons (Fsp3) is 0.267. The summed E-state index contributed by atoms with van der Waals surface area (Å²) in [6.45, 7) is 7.52. The van der Waals surface area contributed by atoms with Crippen LogP contribution in [0.4, 0.5) is 0 Å². The van der Waals surface area contributed by atoms with E-state index in [0.29, 0.717) is 0 Å². The maximum atomic E-state index is 11.2. The molecule has 0 amide bonds. The summed E-state index contributed by atoms with van der Waals surface area (Å²) in [5.41, 5.74) is 4.30. The van der Waals surface area contributed by atoms with Crippen molar-refractivity contribution in [3.63, 3.8) is 0 Å². The Morgan fingerprint density at radius 1 is 1.19 bits per heavy atom. The number of hydrogen-bond donors (Lipinski definition) is 0. The minimum atomic E-state index is 0.118. The van der Waals surface area contributed by atoms with E-state index in [1.54, 1.807) is 6.92 Å². The summed E-state index contributed by atoms with van der Waals surface area (Å²) in [5, 5.41) is 0. The molecule has 0 atom stereocenters. The summed E-state index contributed by atoms with van der Waals surface area (Å²) >= 11 is 0. The number of Topliss-reactive ketones (excluding diaryl/α,β-unsaturated/α-hetero) is 1. The largest absolute Gasteiger partial charge is 0.295 e. The van der Waals surface area contributed by atoms with E-state index in [1.807, 2.05) is 38.1 Å². The van der Waals surface area contributed by atoms with E-state index in [-0.39, 0.29) is 5.78 Å². The molecular weight excluding hydrogens is 196 g/mol. The molecule has 1 nitrogen and oxygen atoms in total. The highest BCUT2D eigenvalue weighted by Gasteiger charge is 2.03. The topological polar surface area (TPSA) is 17.1 Å². The Bertz CT molecular complexity index is 450. The van der Waals surface area contributed by atoms with Crippen molar-refractivity contribution in [2.45, 2.75) is 27.7 Å².